The molecule has 31 heavy (non-hydrogen) atoms. The molecular weight excluding hydrogens is 453 g/mol. The van der Waals surface area contributed by atoms with Gasteiger partial charge in [-0.1, -0.05) is 35.3 Å². The number of amides is 2. The molecule has 3 rings (SSSR count). The molecule has 166 valence electrons. The third-order valence-corrected chi connectivity index (χ3v) is 6.54. The van der Waals surface area contributed by atoms with Crippen molar-refractivity contribution in [1.29, 1.82) is 0 Å². The predicted octanol–water partition coefficient (Wildman–Crippen LogP) is 4.50. The Hall–Kier alpha value is -1.89. The second-order valence-corrected chi connectivity index (χ2v) is 9.41. The molecule has 0 saturated carbocycles. The Labute approximate surface area is 198 Å². The van der Waals surface area contributed by atoms with E-state index in [1.807, 2.05) is 11.2 Å². The van der Waals surface area contributed by atoms with Crippen LogP contribution in [0.5, 0.6) is 0 Å². The van der Waals surface area contributed by atoms with Crippen LogP contribution in [0.4, 0.5) is 5.69 Å². The van der Waals surface area contributed by atoms with Gasteiger partial charge in [0.2, 0.25) is 5.91 Å². The van der Waals surface area contributed by atoms with Crippen molar-refractivity contribution in [2.45, 2.75) is 19.4 Å². The molecule has 0 bridgehead atoms. The van der Waals surface area contributed by atoms with Crippen LogP contribution in [0.3, 0.4) is 0 Å². The van der Waals surface area contributed by atoms with E-state index in [0.29, 0.717) is 30.1 Å². The predicted molar refractivity (Wildman–Crippen MR) is 131 cm³/mol. The maximum atomic E-state index is 13.2. The summed E-state index contributed by atoms with van der Waals surface area (Å²) in [6.45, 7) is 4.86. The molecule has 0 aliphatic carbocycles. The van der Waals surface area contributed by atoms with Crippen LogP contribution < -0.4 is 10.2 Å². The highest BCUT2D eigenvalue weighted by Crippen LogP contribution is 2.22. The lowest BCUT2D eigenvalue weighted by Crippen LogP contribution is -2.55. The van der Waals surface area contributed by atoms with Gasteiger partial charge in [0.25, 0.3) is 5.91 Å². The number of aryl methyl sites for hydroxylation is 1. The number of hydrogen-bond donors (Lipinski definition) is 1. The van der Waals surface area contributed by atoms with Gasteiger partial charge < -0.3 is 15.1 Å². The first-order chi connectivity index (χ1) is 14.9. The van der Waals surface area contributed by atoms with E-state index in [1.54, 1.807) is 23.9 Å². The summed E-state index contributed by atoms with van der Waals surface area (Å²) in [5.41, 5.74) is 2.71. The van der Waals surface area contributed by atoms with E-state index in [2.05, 4.69) is 41.4 Å². The van der Waals surface area contributed by atoms with E-state index in [4.69, 9.17) is 23.2 Å². The molecule has 0 spiro atoms. The van der Waals surface area contributed by atoms with E-state index in [1.165, 1.54) is 17.3 Å². The normalized spacial score (nSPS) is 15.0. The third kappa shape index (κ3) is 6.31. The first kappa shape index (κ1) is 23.8. The molecule has 8 heteroatoms. The van der Waals surface area contributed by atoms with Crippen LogP contribution in [-0.2, 0) is 4.79 Å². The molecule has 1 atom stereocenters. The van der Waals surface area contributed by atoms with E-state index in [-0.39, 0.29) is 16.8 Å². The molecule has 1 saturated heterocycles. The number of nitrogens with one attached hydrogen (secondary N) is 1. The Morgan fingerprint density at radius 2 is 1.84 bits per heavy atom. The van der Waals surface area contributed by atoms with Gasteiger partial charge in [-0.15, -0.1) is 0 Å². The number of nitrogens with zero attached hydrogens (tertiary/aromatic N) is 2. The van der Waals surface area contributed by atoms with Gasteiger partial charge in [-0.2, -0.15) is 11.8 Å². The summed E-state index contributed by atoms with van der Waals surface area (Å²) in [5.74, 6) is 0.366. The average molecular weight is 480 g/mol. The lowest BCUT2D eigenvalue weighted by molar-refractivity contribution is -0.133. The first-order valence-electron chi connectivity index (χ1n) is 10.2. The molecule has 1 N–H and O–H groups in total. The standard InChI is InChI=1S/C23H27Cl2N3O2S/c1-16-4-3-5-18(14-16)27-9-11-28(12-10-27)23(30)21(8-13-31-2)26-22(29)19-7-6-17(24)15-20(19)25/h3-7,14-15,21H,8-13H2,1-2H3,(H,26,29). The zero-order chi connectivity index (χ0) is 22.4. The Balaban J connectivity index is 1.65. The maximum absolute atomic E-state index is 13.2. The quantitative estimate of drug-likeness (QED) is 0.634. The average Bonchev–Trinajstić information content (AvgIpc) is 2.76. The number of thioether (sulfide) groups is 1. The smallest absolute Gasteiger partial charge is 0.253 e. The lowest BCUT2D eigenvalue weighted by Gasteiger charge is -2.37. The molecule has 1 heterocycles. The number of anilines is 1. The zero-order valence-electron chi connectivity index (χ0n) is 17.7. The number of rotatable bonds is 7. The second-order valence-electron chi connectivity index (χ2n) is 7.58. The molecule has 2 amide bonds. The Morgan fingerprint density at radius 3 is 2.48 bits per heavy atom. The number of benzene rings is 2. The molecule has 0 radical (unpaired) electrons. The minimum atomic E-state index is -0.586. The summed E-state index contributed by atoms with van der Waals surface area (Å²) < 4.78 is 0. The van der Waals surface area contributed by atoms with Crippen LogP contribution in [0.15, 0.2) is 42.5 Å². The van der Waals surface area contributed by atoms with Crippen molar-refractivity contribution in [2.24, 2.45) is 0 Å². The van der Waals surface area contributed by atoms with Crippen LogP contribution >= 0.6 is 35.0 Å². The summed E-state index contributed by atoms with van der Waals surface area (Å²) in [4.78, 5) is 30.2. The molecule has 1 fully saturated rings. The van der Waals surface area contributed by atoms with Crippen LogP contribution in [0, 0.1) is 6.92 Å². The fourth-order valence-electron chi connectivity index (χ4n) is 3.63. The fraction of sp³-hybridized carbons (Fsp3) is 0.391. The van der Waals surface area contributed by atoms with Crippen molar-refractivity contribution in [3.8, 4) is 0 Å². The van der Waals surface area contributed by atoms with Gasteiger partial charge in [0.05, 0.1) is 10.6 Å². The van der Waals surface area contributed by atoms with Crippen molar-refractivity contribution < 1.29 is 9.59 Å². The van der Waals surface area contributed by atoms with Gasteiger partial charge >= 0.3 is 0 Å². The minimum Gasteiger partial charge on any atom is -0.368 e. The van der Waals surface area contributed by atoms with Crippen molar-refractivity contribution in [1.82, 2.24) is 10.2 Å². The Morgan fingerprint density at radius 1 is 1.10 bits per heavy atom. The molecule has 2 aromatic carbocycles. The summed E-state index contributed by atoms with van der Waals surface area (Å²) in [5, 5.41) is 3.62. The van der Waals surface area contributed by atoms with Crippen LogP contribution in [-0.4, -0.2) is 60.9 Å². The van der Waals surface area contributed by atoms with E-state index >= 15 is 0 Å². The monoisotopic (exact) mass is 479 g/mol. The lowest BCUT2D eigenvalue weighted by atomic mass is 10.1. The highest BCUT2D eigenvalue weighted by molar-refractivity contribution is 7.98. The number of carbonyl (C=O) groups is 2. The fourth-order valence-corrected chi connectivity index (χ4v) is 4.60. The Bertz CT molecular complexity index is 933. The number of piperazine rings is 1. The molecule has 1 aliphatic rings. The molecule has 5 nitrogen and oxygen atoms in total. The number of hydrogen-bond acceptors (Lipinski definition) is 4. The maximum Gasteiger partial charge on any atom is 0.253 e. The number of carbonyl (C=O) groups excluding carboxylic acids is 2. The largest absolute Gasteiger partial charge is 0.368 e. The van der Waals surface area contributed by atoms with E-state index < -0.39 is 6.04 Å². The van der Waals surface area contributed by atoms with Crippen molar-refractivity contribution in [3.05, 3.63) is 63.6 Å². The Kier molecular flexibility index (Phi) is 8.52. The van der Waals surface area contributed by atoms with Gasteiger partial charge in [0.1, 0.15) is 6.04 Å². The van der Waals surface area contributed by atoms with E-state index in [9.17, 15) is 9.59 Å². The zero-order valence-corrected chi connectivity index (χ0v) is 20.1. The minimum absolute atomic E-state index is 0.0450. The van der Waals surface area contributed by atoms with E-state index in [0.717, 1.165) is 18.8 Å². The topological polar surface area (TPSA) is 52.7 Å². The molecular formula is C23H27Cl2N3O2S. The number of halogens is 2. The van der Waals surface area contributed by atoms with Crippen LogP contribution in [0.25, 0.3) is 0 Å². The van der Waals surface area contributed by atoms with Gasteiger partial charge in [-0.25, -0.2) is 0 Å². The summed E-state index contributed by atoms with van der Waals surface area (Å²) >= 11 is 13.8. The second kappa shape index (κ2) is 11.1. The molecule has 1 unspecified atom stereocenters. The van der Waals surface area contributed by atoms with Crippen molar-refractivity contribution >= 4 is 52.5 Å². The highest BCUT2D eigenvalue weighted by Gasteiger charge is 2.29. The van der Waals surface area contributed by atoms with Gasteiger partial charge in [0, 0.05) is 36.9 Å². The summed E-state index contributed by atoms with van der Waals surface area (Å²) in [6, 6.07) is 12.5. The third-order valence-electron chi connectivity index (χ3n) is 5.35. The van der Waals surface area contributed by atoms with Gasteiger partial charge in [0.15, 0.2) is 0 Å². The first-order valence-corrected chi connectivity index (χ1v) is 12.4. The van der Waals surface area contributed by atoms with Crippen molar-refractivity contribution in [2.75, 3.05) is 43.1 Å². The molecule has 2 aromatic rings. The van der Waals surface area contributed by atoms with Crippen LogP contribution in [0.2, 0.25) is 10.0 Å². The highest BCUT2D eigenvalue weighted by atomic mass is 35.5. The summed E-state index contributed by atoms with van der Waals surface area (Å²) in [7, 11) is 0. The SMILES string of the molecule is CSCCC(NC(=O)c1ccc(Cl)cc1Cl)C(=O)N1CCN(c2cccc(C)c2)CC1. The molecule has 0 aromatic heterocycles. The summed E-state index contributed by atoms with van der Waals surface area (Å²) in [6.07, 6.45) is 2.55. The van der Waals surface area contributed by atoms with Gasteiger partial charge in [-0.3, -0.25) is 9.59 Å². The van der Waals surface area contributed by atoms with Crippen LogP contribution in [0.1, 0.15) is 22.3 Å². The molecule has 1 aliphatic heterocycles. The van der Waals surface area contributed by atoms with Gasteiger partial charge in [-0.05, 0) is 61.2 Å². The van der Waals surface area contributed by atoms with Crippen molar-refractivity contribution in [3.63, 3.8) is 0 Å².